The number of ether oxygens (including phenoxy) is 1. The Kier molecular flexibility index (Phi) is 4.05. The fourth-order valence-corrected chi connectivity index (χ4v) is 2.03. The van der Waals surface area contributed by atoms with Gasteiger partial charge in [-0.2, -0.15) is 5.10 Å². The molecule has 0 aliphatic heterocycles. The zero-order valence-corrected chi connectivity index (χ0v) is 12.2. The van der Waals surface area contributed by atoms with Crippen LogP contribution in [0.15, 0.2) is 59.3 Å². The van der Waals surface area contributed by atoms with Crippen LogP contribution in [0.3, 0.4) is 0 Å². The molecule has 2 heterocycles. The van der Waals surface area contributed by atoms with Crippen LogP contribution in [0.2, 0.25) is 0 Å². The van der Waals surface area contributed by atoms with E-state index >= 15 is 0 Å². The van der Waals surface area contributed by atoms with Crippen LogP contribution in [0.4, 0.5) is 0 Å². The van der Waals surface area contributed by atoms with Crippen LogP contribution in [0, 0.1) is 6.92 Å². The lowest BCUT2D eigenvalue weighted by Gasteiger charge is -2.03. The summed E-state index contributed by atoms with van der Waals surface area (Å²) in [4.78, 5) is 12.0. The molecule has 2 aromatic heterocycles. The van der Waals surface area contributed by atoms with Crippen molar-refractivity contribution in [3.63, 3.8) is 0 Å². The highest BCUT2D eigenvalue weighted by Gasteiger charge is 2.13. The minimum Gasteiger partial charge on any atom is -0.455 e. The molecule has 22 heavy (non-hydrogen) atoms. The Balaban J connectivity index is 1.58. The van der Waals surface area contributed by atoms with Gasteiger partial charge in [-0.1, -0.05) is 29.8 Å². The van der Waals surface area contributed by atoms with Gasteiger partial charge in [0.05, 0.1) is 6.54 Å². The summed E-state index contributed by atoms with van der Waals surface area (Å²) < 4.78 is 12.5. The van der Waals surface area contributed by atoms with E-state index in [1.807, 2.05) is 43.5 Å². The molecule has 3 aromatic rings. The van der Waals surface area contributed by atoms with Crippen molar-refractivity contribution >= 4 is 5.97 Å². The zero-order chi connectivity index (χ0) is 15.4. The Labute approximate surface area is 128 Å². The fraction of sp³-hybridized carbons (Fsp3) is 0.176. The van der Waals surface area contributed by atoms with Crippen molar-refractivity contribution in [2.24, 2.45) is 0 Å². The minimum atomic E-state index is -0.465. The number of hydrogen-bond donors (Lipinski definition) is 0. The third-order valence-corrected chi connectivity index (χ3v) is 3.23. The second-order valence-corrected chi connectivity index (χ2v) is 5.03. The topological polar surface area (TPSA) is 57.3 Å². The van der Waals surface area contributed by atoms with Gasteiger partial charge in [0, 0.05) is 12.4 Å². The molecule has 0 N–H and O–H groups in total. The van der Waals surface area contributed by atoms with Crippen LogP contribution in [-0.4, -0.2) is 15.7 Å². The van der Waals surface area contributed by atoms with Crippen molar-refractivity contribution < 1.29 is 13.9 Å². The van der Waals surface area contributed by atoms with Gasteiger partial charge in [0.1, 0.15) is 12.4 Å². The minimum absolute atomic E-state index is 0.203. The second-order valence-electron chi connectivity index (χ2n) is 5.03. The van der Waals surface area contributed by atoms with Gasteiger partial charge in [-0.05, 0) is 30.7 Å². The molecule has 0 unspecified atom stereocenters. The summed E-state index contributed by atoms with van der Waals surface area (Å²) in [5.41, 5.74) is 2.12. The van der Waals surface area contributed by atoms with Crippen LogP contribution in [0.1, 0.15) is 27.4 Å². The van der Waals surface area contributed by atoms with Gasteiger partial charge in [0.15, 0.2) is 0 Å². The second kappa shape index (κ2) is 6.30. The average molecular weight is 296 g/mol. The number of aromatic nitrogens is 2. The SMILES string of the molecule is Cc1ccc(COC(=O)c2ccc(Cn3cccn3)o2)cc1. The molecule has 0 atom stereocenters. The van der Waals surface area contributed by atoms with E-state index in [2.05, 4.69) is 5.10 Å². The normalized spacial score (nSPS) is 10.6. The van der Waals surface area contributed by atoms with E-state index in [-0.39, 0.29) is 12.4 Å². The molecule has 5 nitrogen and oxygen atoms in total. The highest BCUT2D eigenvalue weighted by atomic mass is 16.5. The molecule has 0 saturated heterocycles. The predicted octanol–water partition coefficient (Wildman–Crippen LogP) is 3.19. The van der Waals surface area contributed by atoms with E-state index in [1.165, 1.54) is 5.56 Å². The maximum atomic E-state index is 12.0. The number of aryl methyl sites for hydroxylation is 1. The molecule has 0 bridgehead atoms. The van der Waals surface area contributed by atoms with Gasteiger partial charge >= 0.3 is 5.97 Å². The van der Waals surface area contributed by atoms with Crippen molar-refractivity contribution in [3.05, 3.63) is 77.5 Å². The molecular formula is C17H16N2O3. The third-order valence-electron chi connectivity index (χ3n) is 3.23. The van der Waals surface area contributed by atoms with Gasteiger partial charge in [0.2, 0.25) is 5.76 Å². The zero-order valence-electron chi connectivity index (χ0n) is 12.2. The Bertz CT molecular complexity index is 743. The molecule has 0 saturated carbocycles. The monoisotopic (exact) mass is 296 g/mol. The lowest BCUT2D eigenvalue weighted by molar-refractivity contribution is 0.0434. The van der Waals surface area contributed by atoms with E-state index in [1.54, 1.807) is 23.0 Å². The van der Waals surface area contributed by atoms with Crippen LogP contribution in [0.5, 0.6) is 0 Å². The molecular weight excluding hydrogens is 280 g/mol. The fourth-order valence-electron chi connectivity index (χ4n) is 2.03. The van der Waals surface area contributed by atoms with Gasteiger partial charge in [0.25, 0.3) is 0 Å². The standard InChI is InChI=1S/C17H16N2O3/c1-13-3-5-14(6-4-13)12-21-17(20)16-8-7-15(22-16)11-19-10-2-9-18-19/h2-10H,11-12H2,1H3. The average Bonchev–Trinajstić information content (AvgIpc) is 3.19. The van der Waals surface area contributed by atoms with E-state index < -0.39 is 5.97 Å². The van der Waals surface area contributed by atoms with Crippen molar-refractivity contribution in [2.45, 2.75) is 20.1 Å². The number of hydrogen-bond acceptors (Lipinski definition) is 4. The predicted molar refractivity (Wildman–Crippen MR) is 80.3 cm³/mol. The van der Waals surface area contributed by atoms with E-state index in [0.29, 0.717) is 12.3 Å². The first-order chi connectivity index (χ1) is 10.7. The first-order valence-corrected chi connectivity index (χ1v) is 6.99. The largest absolute Gasteiger partial charge is 0.455 e. The molecule has 0 spiro atoms. The molecule has 0 aliphatic rings. The number of carbonyl (C=O) groups excluding carboxylic acids is 1. The first kappa shape index (κ1) is 14.1. The number of rotatable bonds is 5. The number of esters is 1. The number of benzene rings is 1. The van der Waals surface area contributed by atoms with Crippen LogP contribution < -0.4 is 0 Å². The lowest BCUT2D eigenvalue weighted by Crippen LogP contribution is -2.04. The van der Waals surface area contributed by atoms with Crippen molar-refractivity contribution in [1.29, 1.82) is 0 Å². The highest BCUT2D eigenvalue weighted by molar-refractivity contribution is 5.86. The molecule has 0 radical (unpaired) electrons. The maximum absolute atomic E-state index is 12.0. The summed E-state index contributed by atoms with van der Waals surface area (Å²) in [5, 5.41) is 4.09. The summed E-state index contributed by atoms with van der Waals surface area (Å²) in [7, 11) is 0. The lowest BCUT2D eigenvalue weighted by atomic mass is 10.2. The Morgan fingerprint density at radius 3 is 2.77 bits per heavy atom. The molecule has 3 rings (SSSR count). The Morgan fingerprint density at radius 1 is 1.23 bits per heavy atom. The van der Waals surface area contributed by atoms with Gasteiger partial charge in [-0.25, -0.2) is 4.79 Å². The number of nitrogens with zero attached hydrogens (tertiary/aromatic N) is 2. The summed E-state index contributed by atoms with van der Waals surface area (Å²) in [5.74, 6) is 0.396. The summed E-state index contributed by atoms with van der Waals surface area (Å²) in [6.07, 6.45) is 3.53. The summed E-state index contributed by atoms with van der Waals surface area (Å²) >= 11 is 0. The molecule has 0 amide bonds. The summed E-state index contributed by atoms with van der Waals surface area (Å²) in [6, 6.07) is 13.1. The quantitative estimate of drug-likeness (QED) is 0.678. The van der Waals surface area contributed by atoms with Crippen molar-refractivity contribution in [2.75, 3.05) is 0 Å². The van der Waals surface area contributed by atoms with E-state index in [4.69, 9.17) is 9.15 Å². The van der Waals surface area contributed by atoms with Gasteiger partial charge in [-0.3, -0.25) is 4.68 Å². The third kappa shape index (κ3) is 3.44. The molecule has 0 aliphatic carbocycles. The molecule has 112 valence electrons. The van der Waals surface area contributed by atoms with Crippen LogP contribution >= 0.6 is 0 Å². The highest BCUT2D eigenvalue weighted by Crippen LogP contribution is 2.12. The Hall–Kier alpha value is -2.82. The summed E-state index contributed by atoms with van der Waals surface area (Å²) in [6.45, 7) is 2.73. The maximum Gasteiger partial charge on any atom is 0.374 e. The van der Waals surface area contributed by atoms with Gasteiger partial charge < -0.3 is 9.15 Å². The molecule has 1 aromatic carbocycles. The van der Waals surface area contributed by atoms with E-state index in [9.17, 15) is 4.79 Å². The van der Waals surface area contributed by atoms with Crippen LogP contribution in [0.25, 0.3) is 0 Å². The number of carbonyl (C=O) groups is 1. The van der Waals surface area contributed by atoms with Gasteiger partial charge in [-0.15, -0.1) is 0 Å². The molecule has 0 fully saturated rings. The van der Waals surface area contributed by atoms with Crippen LogP contribution in [-0.2, 0) is 17.9 Å². The number of furan rings is 1. The van der Waals surface area contributed by atoms with Crippen molar-refractivity contribution in [1.82, 2.24) is 9.78 Å². The molecule has 5 heteroatoms. The Morgan fingerprint density at radius 2 is 2.05 bits per heavy atom. The smallest absolute Gasteiger partial charge is 0.374 e. The van der Waals surface area contributed by atoms with E-state index in [0.717, 1.165) is 5.56 Å². The first-order valence-electron chi connectivity index (χ1n) is 6.99. The van der Waals surface area contributed by atoms with Crippen molar-refractivity contribution in [3.8, 4) is 0 Å².